The van der Waals surface area contributed by atoms with Gasteiger partial charge >= 0.3 is 5.97 Å². The maximum Gasteiger partial charge on any atom is 0.339 e. The summed E-state index contributed by atoms with van der Waals surface area (Å²) < 4.78 is 2.12. The zero-order valence-corrected chi connectivity index (χ0v) is 10.9. The van der Waals surface area contributed by atoms with Gasteiger partial charge in [0.05, 0.1) is 17.4 Å². The van der Waals surface area contributed by atoms with E-state index in [9.17, 15) is 9.90 Å². The van der Waals surface area contributed by atoms with Crippen molar-refractivity contribution in [2.24, 2.45) is 0 Å². The number of halogens is 1. The number of nitrogens with zero attached hydrogens (tertiary/aromatic N) is 2. The Morgan fingerprint density at radius 3 is 2.65 bits per heavy atom. The zero-order chi connectivity index (χ0) is 12.8. The van der Waals surface area contributed by atoms with Crippen LogP contribution >= 0.6 is 15.9 Å². The van der Waals surface area contributed by atoms with Crippen LogP contribution < -0.4 is 0 Å². The maximum absolute atomic E-state index is 11.0. The number of aliphatic hydroxyl groups is 1. The highest BCUT2D eigenvalue weighted by Gasteiger charge is 2.25. The third-order valence-electron chi connectivity index (χ3n) is 2.44. The Balaban J connectivity index is 2.84. The van der Waals surface area contributed by atoms with Crippen molar-refractivity contribution in [1.82, 2.24) is 9.61 Å². The number of carboxylic acid groups (broad SMARTS) is 1. The molecule has 0 aliphatic heterocycles. The van der Waals surface area contributed by atoms with Crippen LogP contribution in [0.4, 0.5) is 0 Å². The summed E-state index contributed by atoms with van der Waals surface area (Å²) in [4.78, 5) is 11.0. The summed E-state index contributed by atoms with van der Waals surface area (Å²) in [6.45, 7) is 3.24. The molecule has 5 nitrogen and oxygen atoms in total. The highest BCUT2D eigenvalue weighted by atomic mass is 79.9. The fraction of sp³-hybridized carbons (Fsp3) is 0.273. The fourth-order valence-corrected chi connectivity index (χ4v) is 2.53. The van der Waals surface area contributed by atoms with Gasteiger partial charge in [0.1, 0.15) is 11.2 Å². The first kappa shape index (κ1) is 12.1. The van der Waals surface area contributed by atoms with Crippen LogP contribution in [0, 0.1) is 0 Å². The topological polar surface area (TPSA) is 74.8 Å². The van der Waals surface area contributed by atoms with Gasteiger partial charge in [0.25, 0.3) is 0 Å². The molecule has 0 radical (unpaired) electrons. The van der Waals surface area contributed by atoms with E-state index in [-0.39, 0.29) is 5.56 Å². The lowest BCUT2D eigenvalue weighted by Crippen LogP contribution is -2.21. The van der Waals surface area contributed by atoms with Gasteiger partial charge in [-0.3, -0.25) is 0 Å². The van der Waals surface area contributed by atoms with E-state index in [0.717, 1.165) is 0 Å². The Morgan fingerprint density at radius 1 is 1.47 bits per heavy atom. The SMILES string of the molecule is CC(C)(O)c1c(Br)ccc2c(C(=O)O)cnn12. The smallest absolute Gasteiger partial charge is 0.339 e. The lowest BCUT2D eigenvalue weighted by Gasteiger charge is -2.20. The Bertz CT molecular complexity index is 599. The minimum atomic E-state index is -1.12. The molecule has 2 aromatic rings. The molecule has 17 heavy (non-hydrogen) atoms. The van der Waals surface area contributed by atoms with Crippen molar-refractivity contribution in [3.8, 4) is 0 Å². The van der Waals surface area contributed by atoms with Gasteiger partial charge in [0, 0.05) is 4.47 Å². The number of aromatic carboxylic acids is 1. The molecule has 2 N–H and O–H groups in total. The molecule has 90 valence electrons. The second-order valence-electron chi connectivity index (χ2n) is 4.25. The van der Waals surface area contributed by atoms with Crippen molar-refractivity contribution in [2.45, 2.75) is 19.4 Å². The Kier molecular flexibility index (Phi) is 2.71. The molecular weight excluding hydrogens is 288 g/mol. The standard InChI is InChI=1S/C11H11BrN2O3/c1-11(2,17)9-7(12)3-4-8-6(10(15)16)5-13-14(8)9/h3-5,17H,1-2H3,(H,15,16). The molecule has 2 heterocycles. The lowest BCUT2D eigenvalue weighted by atomic mass is 10.0. The first-order valence-corrected chi connectivity index (χ1v) is 5.74. The number of hydrogen-bond donors (Lipinski definition) is 2. The molecule has 2 rings (SSSR count). The van der Waals surface area contributed by atoms with Gasteiger partial charge in [-0.1, -0.05) is 0 Å². The van der Waals surface area contributed by atoms with E-state index in [1.807, 2.05) is 0 Å². The minimum absolute atomic E-state index is 0.114. The maximum atomic E-state index is 11.0. The van der Waals surface area contributed by atoms with Gasteiger partial charge in [-0.2, -0.15) is 5.10 Å². The van der Waals surface area contributed by atoms with Crippen LogP contribution in [0.25, 0.3) is 5.52 Å². The summed E-state index contributed by atoms with van der Waals surface area (Å²) in [7, 11) is 0. The second-order valence-corrected chi connectivity index (χ2v) is 5.10. The van der Waals surface area contributed by atoms with Crippen LogP contribution in [-0.2, 0) is 5.60 Å². The normalized spacial score (nSPS) is 12.0. The minimum Gasteiger partial charge on any atom is -0.478 e. The molecule has 0 aliphatic carbocycles. The van der Waals surface area contributed by atoms with Crippen LogP contribution in [0.1, 0.15) is 29.9 Å². The summed E-state index contributed by atoms with van der Waals surface area (Å²) >= 11 is 3.33. The van der Waals surface area contributed by atoms with Crippen LogP contribution in [0.15, 0.2) is 22.8 Å². The predicted octanol–water partition coefficient (Wildman–Crippen LogP) is 2.02. The Labute approximate surface area is 106 Å². The molecule has 0 bridgehead atoms. The van der Waals surface area contributed by atoms with Crippen molar-refractivity contribution < 1.29 is 15.0 Å². The molecule has 6 heteroatoms. The highest BCUT2D eigenvalue weighted by molar-refractivity contribution is 9.10. The Hall–Kier alpha value is -1.40. The number of aromatic nitrogens is 2. The van der Waals surface area contributed by atoms with Crippen molar-refractivity contribution in [2.75, 3.05) is 0 Å². The van der Waals surface area contributed by atoms with Crippen molar-refractivity contribution >= 4 is 27.4 Å². The van der Waals surface area contributed by atoms with E-state index in [1.54, 1.807) is 26.0 Å². The Morgan fingerprint density at radius 2 is 2.12 bits per heavy atom. The molecule has 0 amide bonds. The molecule has 0 atom stereocenters. The van der Waals surface area contributed by atoms with E-state index in [4.69, 9.17) is 5.11 Å². The van der Waals surface area contributed by atoms with E-state index in [0.29, 0.717) is 15.7 Å². The summed E-state index contributed by atoms with van der Waals surface area (Å²) in [5, 5.41) is 23.1. The van der Waals surface area contributed by atoms with Gasteiger partial charge in [-0.05, 0) is 41.9 Å². The number of pyridine rings is 1. The van der Waals surface area contributed by atoms with E-state index < -0.39 is 11.6 Å². The molecule has 0 saturated carbocycles. The van der Waals surface area contributed by atoms with Crippen LogP contribution in [0.5, 0.6) is 0 Å². The van der Waals surface area contributed by atoms with Gasteiger partial charge in [0.2, 0.25) is 0 Å². The third-order valence-corrected chi connectivity index (χ3v) is 3.08. The molecular formula is C11H11BrN2O3. The molecule has 2 aromatic heterocycles. The van der Waals surface area contributed by atoms with Gasteiger partial charge < -0.3 is 10.2 Å². The van der Waals surface area contributed by atoms with Gasteiger partial charge in [-0.25, -0.2) is 9.31 Å². The largest absolute Gasteiger partial charge is 0.478 e. The van der Waals surface area contributed by atoms with Crippen LogP contribution in [0.3, 0.4) is 0 Å². The summed E-state index contributed by atoms with van der Waals surface area (Å²) in [5.41, 5.74) is -0.0385. The molecule has 0 fully saturated rings. The number of fused-ring (bicyclic) bond motifs is 1. The number of carbonyl (C=O) groups is 1. The molecule has 0 aliphatic rings. The van der Waals surface area contributed by atoms with Crippen LogP contribution in [0.2, 0.25) is 0 Å². The third kappa shape index (κ3) is 1.94. The number of hydrogen-bond acceptors (Lipinski definition) is 3. The van der Waals surface area contributed by atoms with Crippen molar-refractivity contribution in [1.29, 1.82) is 0 Å². The van der Waals surface area contributed by atoms with E-state index in [2.05, 4.69) is 21.0 Å². The number of carboxylic acids is 1. The van der Waals surface area contributed by atoms with Gasteiger partial charge in [0.15, 0.2) is 0 Å². The molecule has 0 spiro atoms. The average Bonchev–Trinajstić information content (AvgIpc) is 2.58. The summed E-state index contributed by atoms with van der Waals surface area (Å²) in [5.74, 6) is -1.04. The summed E-state index contributed by atoms with van der Waals surface area (Å²) in [6, 6.07) is 3.35. The van der Waals surface area contributed by atoms with E-state index >= 15 is 0 Å². The first-order valence-electron chi connectivity index (χ1n) is 4.95. The first-order chi connectivity index (χ1) is 7.82. The predicted molar refractivity (Wildman–Crippen MR) is 65.1 cm³/mol. The molecule has 0 saturated heterocycles. The van der Waals surface area contributed by atoms with E-state index in [1.165, 1.54) is 10.7 Å². The van der Waals surface area contributed by atoms with Gasteiger partial charge in [-0.15, -0.1) is 0 Å². The molecule has 0 unspecified atom stereocenters. The summed E-state index contributed by atoms with van der Waals surface area (Å²) in [6.07, 6.45) is 1.28. The van der Waals surface area contributed by atoms with Crippen molar-refractivity contribution in [3.63, 3.8) is 0 Å². The number of rotatable bonds is 2. The fourth-order valence-electron chi connectivity index (χ4n) is 1.74. The van der Waals surface area contributed by atoms with Crippen LogP contribution in [-0.4, -0.2) is 25.8 Å². The molecule has 0 aromatic carbocycles. The van der Waals surface area contributed by atoms with Crippen molar-refractivity contribution in [3.05, 3.63) is 34.1 Å². The lowest BCUT2D eigenvalue weighted by molar-refractivity contribution is 0.0689. The monoisotopic (exact) mass is 298 g/mol. The second kappa shape index (κ2) is 3.82. The quantitative estimate of drug-likeness (QED) is 0.889. The zero-order valence-electron chi connectivity index (χ0n) is 9.31. The highest BCUT2D eigenvalue weighted by Crippen LogP contribution is 2.29. The average molecular weight is 299 g/mol.